The zero-order valence-corrected chi connectivity index (χ0v) is 14.9. The van der Waals surface area contributed by atoms with Gasteiger partial charge in [-0.25, -0.2) is 4.39 Å². The van der Waals surface area contributed by atoms with Crippen molar-refractivity contribution in [1.82, 2.24) is 0 Å². The molecule has 0 saturated heterocycles. The molecule has 0 aromatic heterocycles. The lowest BCUT2D eigenvalue weighted by Crippen LogP contribution is -2.48. The van der Waals surface area contributed by atoms with Crippen LogP contribution < -0.4 is 0 Å². The van der Waals surface area contributed by atoms with Crippen LogP contribution in [0, 0.1) is 23.6 Å². The fourth-order valence-corrected chi connectivity index (χ4v) is 6.12. The van der Waals surface area contributed by atoms with E-state index >= 15 is 0 Å². The Morgan fingerprint density at radius 2 is 1.54 bits per heavy atom. The van der Waals surface area contributed by atoms with Gasteiger partial charge in [0.1, 0.15) is 11.6 Å². The molecule has 0 unspecified atom stereocenters. The second-order valence-corrected chi connectivity index (χ2v) is 8.71. The predicted octanol–water partition coefficient (Wildman–Crippen LogP) is 5.75. The van der Waals surface area contributed by atoms with E-state index in [9.17, 15) is 9.50 Å². The SMILES string of the molecule is Oc1ccc(C23CC4CC(CC(C4)C2)C3)cc1C=Nc1ccc(F)cc1. The first-order valence-electron chi connectivity index (χ1n) is 9.73. The number of phenols is 1. The van der Waals surface area contributed by atoms with Crippen LogP contribution in [-0.4, -0.2) is 11.3 Å². The van der Waals surface area contributed by atoms with Crippen molar-refractivity contribution in [2.45, 2.75) is 43.9 Å². The summed E-state index contributed by atoms with van der Waals surface area (Å²) in [4.78, 5) is 4.41. The van der Waals surface area contributed by atoms with E-state index in [1.807, 2.05) is 6.07 Å². The van der Waals surface area contributed by atoms with Gasteiger partial charge in [0, 0.05) is 11.8 Å². The lowest BCUT2D eigenvalue weighted by atomic mass is 9.48. The van der Waals surface area contributed by atoms with Crippen LogP contribution in [0.5, 0.6) is 5.75 Å². The molecular formula is C23H24FNO. The lowest BCUT2D eigenvalue weighted by Gasteiger charge is -2.57. The summed E-state index contributed by atoms with van der Waals surface area (Å²) >= 11 is 0. The van der Waals surface area contributed by atoms with E-state index in [-0.39, 0.29) is 11.6 Å². The summed E-state index contributed by atoms with van der Waals surface area (Å²) in [5, 5.41) is 10.3. The molecule has 6 rings (SSSR count). The Kier molecular flexibility index (Phi) is 3.66. The molecule has 26 heavy (non-hydrogen) atoms. The monoisotopic (exact) mass is 349 g/mol. The Morgan fingerprint density at radius 1 is 0.923 bits per heavy atom. The Labute approximate surface area is 153 Å². The number of benzene rings is 2. The maximum absolute atomic E-state index is 13.0. The molecule has 4 saturated carbocycles. The van der Waals surface area contributed by atoms with E-state index in [2.05, 4.69) is 17.1 Å². The van der Waals surface area contributed by atoms with Crippen molar-refractivity contribution in [3.63, 3.8) is 0 Å². The molecule has 4 aliphatic rings. The maximum atomic E-state index is 13.0. The Bertz CT molecular complexity index is 820. The molecule has 0 atom stereocenters. The number of rotatable bonds is 3. The molecule has 3 heteroatoms. The normalized spacial score (nSPS) is 32.4. The molecule has 0 aliphatic heterocycles. The van der Waals surface area contributed by atoms with Crippen LogP contribution in [0.4, 0.5) is 10.1 Å². The van der Waals surface area contributed by atoms with Crippen LogP contribution >= 0.6 is 0 Å². The highest BCUT2D eigenvalue weighted by Crippen LogP contribution is 2.60. The third-order valence-corrected chi connectivity index (χ3v) is 6.86. The van der Waals surface area contributed by atoms with E-state index < -0.39 is 0 Å². The van der Waals surface area contributed by atoms with Gasteiger partial charge in [-0.1, -0.05) is 6.07 Å². The number of hydrogen-bond donors (Lipinski definition) is 1. The van der Waals surface area contributed by atoms with Gasteiger partial charge in [0.25, 0.3) is 0 Å². The summed E-state index contributed by atoms with van der Waals surface area (Å²) in [6.45, 7) is 0. The molecule has 4 fully saturated rings. The highest BCUT2D eigenvalue weighted by atomic mass is 19.1. The standard InChI is InChI=1S/C23H24FNO/c24-20-2-4-21(5-3-20)25-14-18-10-19(1-6-22(18)26)23-11-15-7-16(12-23)9-17(8-15)13-23/h1-6,10,14-17,26H,7-9,11-13H2. The molecule has 0 spiro atoms. The first-order valence-corrected chi connectivity index (χ1v) is 9.73. The van der Waals surface area contributed by atoms with Gasteiger partial charge in [0.05, 0.1) is 5.69 Å². The van der Waals surface area contributed by atoms with Crippen molar-refractivity contribution in [1.29, 1.82) is 0 Å². The van der Waals surface area contributed by atoms with Crippen molar-refractivity contribution in [3.8, 4) is 5.75 Å². The number of hydrogen-bond acceptors (Lipinski definition) is 2. The van der Waals surface area contributed by atoms with E-state index in [1.165, 1.54) is 56.2 Å². The molecule has 0 radical (unpaired) electrons. The van der Waals surface area contributed by atoms with Crippen molar-refractivity contribution in [3.05, 3.63) is 59.4 Å². The number of aliphatic imine (C=N–C) groups is 1. The number of nitrogens with zero attached hydrogens (tertiary/aromatic N) is 1. The molecule has 1 N–H and O–H groups in total. The molecule has 0 amide bonds. The van der Waals surface area contributed by atoms with Gasteiger partial charge in [-0.15, -0.1) is 0 Å². The molecule has 0 heterocycles. The third kappa shape index (κ3) is 2.74. The fraction of sp³-hybridized carbons (Fsp3) is 0.435. The minimum atomic E-state index is -0.268. The van der Waals surface area contributed by atoms with Gasteiger partial charge in [0.15, 0.2) is 0 Å². The quantitative estimate of drug-likeness (QED) is 0.703. The van der Waals surface area contributed by atoms with Gasteiger partial charge in [-0.3, -0.25) is 4.99 Å². The molecule has 2 aromatic carbocycles. The summed E-state index contributed by atoms with van der Waals surface area (Å²) in [7, 11) is 0. The number of aromatic hydroxyl groups is 1. The smallest absolute Gasteiger partial charge is 0.124 e. The molecule has 4 aliphatic carbocycles. The lowest BCUT2D eigenvalue weighted by molar-refractivity contribution is -0.00520. The second kappa shape index (κ2) is 5.94. The molecule has 4 bridgehead atoms. The summed E-state index contributed by atoms with van der Waals surface area (Å²) in [5.74, 6) is 2.67. The van der Waals surface area contributed by atoms with E-state index in [1.54, 1.807) is 18.3 Å². The van der Waals surface area contributed by atoms with Crippen LogP contribution in [0.2, 0.25) is 0 Å². The predicted molar refractivity (Wildman–Crippen MR) is 102 cm³/mol. The minimum Gasteiger partial charge on any atom is -0.507 e. The zero-order chi connectivity index (χ0) is 17.7. The van der Waals surface area contributed by atoms with E-state index in [0.717, 1.165) is 23.3 Å². The van der Waals surface area contributed by atoms with Crippen molar-refractivity contribution in [2.75, 3.05) is 0 Å². The summed E-state index contributed by atoms with van der Waals surface area (Å²) in [6.07, 6.45) is 9.89. The highest BCUT2D eigenvalue weighted by Gasteiger charge is 2.51. The highest BCUT2D eigenvalue weighted by molar-refractivity contribution is 5.85. The van der Waals surface area contributed by atoms with Crippen LogP contribution in [0.15, 0.2) is 47.5 Å². The summed E-state index contributed by atoms with van der Waals surface area (Å²) in [6, 6.07) is 12.2. The van der Waals surface area contributed by atoms with Crippen LogP contribution in [0.1, 0.15) is 49.7 Å². The summed E-state index contributed by atoms with van der Waals surface area (Å²) in [5.41, 5.74) is 3.12. The average molecular weight is 349 g/mol. The topological polar surface area (TPSA) is 32.6 Å². The Hall–Kier alpha value is -2.16. The van der Waals surface area contributed by atoms with Crippen LogP contribution in [-0.2, 0) is 5.41 Å². The average Bonchev–Trinajstić information content (AvgIpc) is 2.61. The largest absolute Gasteiger partial charge is 0.507 e. The van der Waals surface area contributed by atoms with Gasteiger partial charge in [-0.2, -0.15) is 0 Å². The Morgan fingerprint density at radius 3 is 2.15 bits per heavy atom. The number of halogens is 1. The molecular weight excluding hydrogens is 325 g/mol. The van der Waals surface area contributed by atoms with Gasteiger partial charge in [-0.05, 0) is 104 Å². The first kappa shape index (κ1) is 16.0. The fourth-order valence-electron chi connectivity index (χ4n) is 6.12. The Balaban J connectivity index is 1.46. The van der Waals surface area contributed by atoms with Gasteiger partial charge >= 0.3 is 0 Å². The molecule has 134 valence electrons. The van der Waals surface area contributed by atoms with E-state index in [4.69, 9.17) is 0 Å². The molecule has 2 aromatic rings. The first-order chi connectivity index (χ1) is 12.6. The third-order valence-electron chi connectivity index (χ3n) is 6.86. The van der Waals surface area contributed by atoms with Crippen molar-refractivity contribution in [2.24, 2.45) is 22.7 Å². The molecule has 2 nitrogen and oxygen atoms in total. The van der Waals surface area contributed by atoms with Crippen molar-refractivity contribution >= 4 is 11.9 Å². The number of phenolic OH excluding ortho intramolecular Hbond substituents is 1. The second-order valence-electron chi connectivity index (χ2n) is 8.71. The van der Waals surface area contributed by atoms with Crippen molar-refractivity contribution < 1.29 is 9.50 Å². The maximum Gasteiger partial charge on any atom is 0.124 e. The summed E-state index contributed by atoms with van der Waals surface area (Å²) < 4.78 is 13.0. The van der Waals surface area contributed by atoms with Gasteiger partial charge in [0.2, 0.25) is 0 Å². The van der Waals surface area contributed by atoms with Gasteiger partial charge < -0.3 is 5.11 Å². The van der Waals surface area contributed by atoms with Crippen LogP contribution in [0.3, 0.4) is 0 Å². The van der Waals surface area contributed by atoms with E-state index in [0.29, 0.717) is 11.1 Å². The van der Waals surface area contributed by atoms with Crippen LogP contribution in [0.25, 0.3) is 0 Å². The zero-order valence-electron chi connectivity index (χ0n) is 14.9. The minimum absolute atomic E-state index is 0.254.